The van der Waals surface area contributed by atoms with E-state index in [2.05, 4.69) is 15.2 Å². The minimum atomic E-state index is -0.746. The number of furan rings is 1. The van der Waals surface area contributed by atoms with Crippen LogP contribution in [0.3, 0.4) is 0 Å². The molecule has 2 heterocycles. The highest BCUT2D eigenvalue weighted by molar-refractivity contribution is 6.43. The molecule has 3 aromatic rings. The van der Waals surface area contributed by atoms with E-state index >= 15 is 0 Å². The van der Waals surface area contributed by atoms with E-state index in [1.807, 2.05) is 13.8 Å². The van der Waals surface area contributed by atoms with E-state index in [0.29, 0.717) is 23.8 Å². The van der Waals surface area contributed by atoms with Crippen molar-refractivity contribution < 1.29 is 18.4 Å². The van der Waals surface area contributed by atoms with Crippen molar-refractivity contribution in [3.63, 3.8) is 0 Å². The van der Waals surface area contributed by atoms with Crippen LogP contribution in [0.2, 0.25) is 0 Å². The molecule has 0 aliphatic carbocycles. The summed E-state index contributed by atoms with van der Waals surface area (Å²) in [6, 6.07) is 9.48. The molecule has 0 radical (unpaired) electrons. The van der Waals surface area contributed by atoms with E-state index < -0.39 is 11.6 Å². The van der Waals surface area contributed by atoms with Crippen LogP contribution in [0.1, 0.15) is 53.3 Å². The van der Waals surface area contributed by atoms with Crippen LogP contribution in [0.15, 0.2) is 40.8 Å². The number of nitrogens with zero attached hydrogens (tertiary/aromatic N) is 2. The smallest absolute Gasteiger partial charge is 0.268 e. The number of hydrogen-bond donors (Lipinski definition) is 1. The lowest BCUT2D eigenvalue weighted by Crippen LogP contribution is -2.18. The second kappa shape index (κ2) is 7.43. The van der Waals surface area contributed by atoms with Gasteiger partial charge in [-0.2, -0.15) is 0 Å². The van der Waals surface area contributed by atoms with Crippen LogP contribution in [-0.2, 0) is 17.6 Å². The Balaban J connectivity index is 1.63. The lowest BCUT2D eigenvalue weighted by molar-refractivity contribution is -0.114. The third kappa shape index (κ3) is 4.11. The number of carbonyl (C=O) groups is 2. The molecule has 0 spiro atoms. The maximum atomic E-state index is 12.9. The Bertz CT molecular complexity index is 926. The number of halogens is 1. The first-order valence-corrected chi connectivity index (χ1v) is 8.24. The lowest BCUT2D eigenvalue weighted by atomic mass is 10.1. The maximum absolute atomic E-state index is 12.9. The molecule has 2 aromatic heterocycles. The SMILES string of the molecule is CC(C)c1nc(C(=O)C(=O)Cc2ccc(Cc3ccc(F)cc3)o2)n[nH]1. The number of nitrogens with one attached hydrogen (secondary N) is 1. The summed E-state index contributed by atoms with van der Waals surface area (Å²) in [6.07, 6.45) is 0.314. The van der Waals surface area contributed by atoms with Crippen molar-refractivity contribution >= 4 is 11.6 Å². The summed E-state index contributed by atoms with van der Waals surface area (Å²) >= 11 is 0. The minimum Gasteiger partial charge on any atom is -0.465 e. The van der Waals surface area contributed by atoms with Gasteiger partial charge in [-0.15, -0.1) is 5.10 Å². The zero-order valence-corrected chi connectivity index (χ0v) is 14.5. The molecular weight excluding hydrogens is 337 g/mol. The van der Waals surface area contributed by atoms with E-state index in [1.165, 1.54) is 12.1 Å². The summed E-state index contributed by atoms with van der Waals surface area (Å²) in [5, 5.41) is 6.46. The first-order valence-electron chi connectivity index (χ1n) is 8.24. The first-order chi connectivity index (χ1) is 12.4. The summed E-state index contributed by atoms with van der Waals surface area (Å²) < 4.78 is 18.5. The molecule has 26 heavy (non-hydrogen) atoms. The number of benzene rings is 1. The van der Waals surface area contributed by atoms with E-state index in [9.17, 15) is 14.0 Å². The summed E-state index contributed by atoms with van der Waals surface area (Å²) in [4.78, 5) is 28.3. The number of hydrogen-bond acceptors (Lipinski definition) is 5. The zero-order valence-electron chi connectivity index (χ0n) is 14.5. The Kier molecular flexibility index (Phi) is 5.06. The maximum Gasteiger partial charge on any atom is 0.268 e. The monoisotopic (exact) mass is 355 g/mol. The van der Waals surface area contributed by atoms with Crippen LogP contribution in [0.5, 0.6) is 0 Å². The van der Waals surface area contributed by atoms with Gasteiger partial charge >= 0.3 is 0 Å². The Hall–Kier alpha value is -3.09. The number of aromatic amines is 1. The number of rotatable bonds is 7. The molecule has 1 N–H and O–H groups in total. The van der Waals surface area contributed by atoms with Gasteiger partial charge in [0.2, 0.25) is 11.6 Å². The van der Waals surface area contributed by atoms with Gasteiger partial charge in [0.05, 0.1) is 6.42 Å². The van der Waals surface area contributed by atoms with Gasteiger partial charge < -0.3 is 4.42 Å². The average molecular weight is 355 g/mol. The van der Waals surface area contributed by atoms with Crippen LogP contribution < -0.4 is 0 Å². The molecule has 0 fully saturated rings. The Morgan fingerprint density at radius 3 is 2.46 bits per heavy atom. The Morgan fingerprint density at radius 1 is 1.12 bits per heavy atom. The standard InChI is InChI=1S/C19H18FN3O3/c1-11(2)18-21-19(23-22-18)17(25)16(24)10-15-8-7-14(26-15)9-12-3-5-13(20)6-4-12/h3-8,11H,9-10H2,1-2H3,(H,21,22,23). The number of aromatic nitrogens is 3. The van der Waals surface area contributed by atoms with E-state index in [-0.39, 0.29) is 24.0 Å². The van der Waals surface area contributed by atoms with Gasteiger partial charge in [-0.3, -0.25) is 14.7 Å². The van der Waals surface area contributed by atoms with Gasteiger partial charge in [0, 0.05) is 12.3 Å². The van der Waals surface area contributed by atoms with Crippen LogP contribution in [-0.4, -0.2) is 26.7 Å². The van der Waals surface area contributed by atoms with Crippen molar-refractivity contribution in [2.24, 2.45) is 0 Å². The normalized spacial score (nSPS) is 11.1. The summed E-state index contributed by atoms with van der Waals surface area (Å²) in [5.74, 6) is -0.153. The van der Waals surface area contributed by atoms with Crippen molar-refractivity contribution in [3.8, 4) is 0 Å². The highest BCUT2D eigenvalue weighted by Gasteiger charge is 2.23. The topological polar surface area (TPSA) is 88.8 Å². The van der Waals surface area contributed by atoms with Gasteiger partial charge in [0.15, 0.2) is 0 Å². The van der Waals surface area contributed by atoms with Gasteiger partial charge in [0.25, 0.3) is 5.78 Å². The van der Waals surface area contributed by atoms with Crippen molar-refractivity contribution in [3.05, 3.63) is 70.9 Å². The lowest BCUT2D eigenvalue weighted by Gasteiger charge is -1.99. The molecule has 6 nitrogen and oxygen atoms in total. The molecule has 7 heteroatoms. The summed E-state index contributed by atoms with van der Waals surface area (Å²) in [6.45, 7) is 3.81. The molecule has 0 amide bonds. The number of H-pyrrole nitrogens is 1. The molecule has 0 atom stereocenters. The predicted octanol–water partition coefficient (Wildman–Crippen LogP) is 3.25. The van der Waals surface area contributed by atoms with Crippen LogP contribution in [0.4, 0.5) is 4.39 Å². The molecule has 0 unspecified atom stereocenters. The molecular formula is C19H18FN3O3. The number of Topliss-reactive ketones (excluding diaryl/α,β-unsaturated/α-hetero) is 2. The predicted molar refractivity (Wildman–Crippen MR) is 91.4 cm³/mol. The van der Waals surface area contributed by atoms with Gasteiger partial charge in [-0.1, -0.05) is 26.0 Å². The van der Waals surface area contributed by atoms with Crippen molar-refractivity contribution in [2.45, 2.75) is 32.6 Å². The average Bonchev–Trinajstić information content (AvgIpc) is 3.26. The quantitative estimate of drug-likeness (QED) is 0.519. The molecule has 134 valence electrons. The highest BCUT2D eigenvalue weighted by atomic mass is 19.1. The Labute approximate surface area is 149 Å². The third-order valence-corrected chi connectivity index (χ3v) is 3.85. The molecule has 3 rings (SSSR count). The minimum absolute atomic E-state index is 0.0817. The van der Waals surface area contributed by atoms with Crippen molar-refractivity contribution in [1.29, 1.82) is 0 Å². The van der Waals surface area contributed by atoms with Crippen LogP contribution >= 0.6 is 0 Å². The molecule has 0 bridgehead atoms. The first kappa shape index (κ1) is 17.7. The van der Waals surface area contributed by atoms with E-state index in [1.54, 1.807) is 24.3 Å². The summed E-state index contributed by atoms with van der Waals surface area (Å²) in [5.41, 5.74) is 0.886. The second-order valence-corrected chi connectivity index (χ2v) is 6.30. The fourth-order valence-electron chi connectivity index (χ4n) is 2.41. The fourth-order valence-corrected chi connectivity index (χ4v) is 2.41. The van der Waals surface area contributed by atoms with Crippen LogP contribution in [0.25, 0.3) is 0 Å². The Morgan fingerprint density at radius 2 is 1.81 bits per heavy atom. The molecule has 0 saturated heterocycles. The molecule has 0 saturated carbocycles. The second-order valence-electron chi connectivity index (χ2n) is 6.30. The van der Waals surface area contributed by atoms with E-state index in [0.717, 1.165) is 5.56 Å². The molecule has 0 aliphatic heterocycles. The zero-order chi connectivity index (χ0) is 18.7. The van der Waals surface area contributed by atoms with Gasteiger partial charge in [-0.05, 0) is 29.8 Å². The highest BCUT2D eigenvalue weighted by Crippen LogP contribution is 2.15. The number of carbonyl (C=O) groups excluding carboxylic acids is 2. The van der Waals surface area contributed by atoms with Crippen molar-refractivity contribution in [2.75, 3.05) is 0 Å². The number of ketones is 2. The fraction of sp³-hybridized carbons (Fsp3) is 0.263. The van der Waals surface area contributed by atoms with Gasteiger partial charge in [-0.25, -0.2) is 9.37 Å². The summed E-state index contributed by atoms with van der Waals surface area (Å²) in [7, 11) is 0. The van der Waals surface area contributed by atoms with Crippen LogP contribution in [0, 0.1) is 5.82 Å². The largest absolute Gasteiger partial charge is 0.465 e. The van der Waals surface area contributed by atoms with Gasteiger partial charge in [0.1, 0.15) is 23.2 Å². The van der Waals surface area contributed by atoms with E-state index in [4.69, 9.17) is 4.42 Å². The molecule has 0 aliphatic rings. The third-order valence-electron chi connectivity index (χ3n) is 3.85. The molecule has 1 aromatic carbocycles. The van der Waals surface area contributed by atoms with Crippen molar-refractivity contribution in [1.82, 2.24) is 15.2 Å².